The van der Waals surface area contributed by atoms with E-state index in [1.54, 1.807) is 7.05 Å². The third-order valence-electron chi connectivity index (χ3n) is 4.95. The maximum absolute atomic E-state index is 5.80. The molecule has 3 rings (SSSR count). The van der Waals surface area contributed by atoms with Gasteiger partial charge in [0, 0.05) is 46.6 Å². The van der Waals surface area contributed by atoms with E-state index in [4.69, 9.17) is 9.47 Å². The highest BCUT2D eigenvalue weighted by molar-refractivity contribution is 5.83. The first-order chi connectivity index (χ1) is 13.3. The minimum Gasteiger partial charge on any atom is -0.381 e. The van der Waals surface area contributed by atoms with E-state index in [1.807, 2.05) is 0 Å². The van der Waals surface area contributed by atoms with Gasteiger partial charge < -0.3 is 20.1 Å². The average Bonchev–Trinajstić information content (AvgIpc) is 2.73. The Labute approximate surface area is 162 Å². The summed E-state index contributed by atoms with van der Waals surface area (Å²) in [4.78, 5) is 4.30. The van der Waals surface area contributed by atoms with Crippen LogP contribution in [0.2, 0.25) is 0 Å². The second kappa shape index (κ2) is 10.9. The fraction of sp³-hybridized carbons (Fsp3) is 0.500. The van der Waals surface area contributed by atoms with Crippen molar-refractivity contribution in [3.05, 3.63) is 48.0 Å². The molecule has 0 aliphatic carbocycles. The van der Waals surface area contributed by atoms with Crippen LogP contribution in [0.1, 0.15) is 24.8 Å². The van der Waals surface area contributed by atoms with Crippen LogP contribution in [0.25, 0.3) is 10.8 Å². The molecule has 1 fully saturated rings. The summed E-state index contributed by atoms with van der Waals surface area (Å²) in [5, 5.41) is 9.26. The number of guanidine groups is 1. The third kappa shape index (κ3) is 6.52. The number of nitrogens with one attached hydrogen (secondary N) is 2. The van der Waals surface area contributed by atoms with Gasteiger partial charge in [0.2, 0.25) is 0 Å². The van der Waals surface area contributed by atoms with Crippen LogP contribution < -0.4 is 10.6 Å². The van der Waals surface area contributed by atoms with Crippen LogP contribution in [0, 0.1) is 5.92 Å². The SMILES string of the molecule is CN=C(NCCCOCC1CCOCC1)NCc1ccc2ccccc2c1. The van der Waals surface area contributed by atoms with E-state index < -0.39 is 0 Å². The number of rotatable bonds is 8. The molecular formula is C22H31N3O2. The molecule has 2 aromatic rings. The Kier molecular flexibility index (Phi) is 7.93. The van der Waals surface area contributed by atoms with Gasteiger partial charge in [0.1, 0.15) is 0 Å². The third-order valence-corrected chi connectivity index (χ3v) is 4.95. The van der Waals surface area contributed by atoms with E-state index in [0.717, 1.165) is 64.7 Å². The normalized spacial score (nSPS) is 15.8. The molecule has 0 radical (unpaired) electrons. The van der Waals surface area contributed by atoms with Crippen molar-refractivity contribution in [2.24, 2.45) is 10.9 Å². The van der Waals surface area contributed by atoms with Crippen LogP contribution in [-0.2, 0) is 16.0 Å². The van der Waals surface area contributed by atoms with E-state index in [9.17, 15) is 0 Å². The summed E-state index contributed by atoms with van der Waals surface area (Å²) < 4.78 is 11.2. The van der Waals surface area contributed by atoms with Gasteiger partial charge in [-0.3, -0.25) is 4.99 Å². The quantitative estimate of drug-likeness (QED) is 0.426. The monoisotopic (exact) mass is 369 g/mol. The van der Waals surface area contributed by atoms with Crippen LogP contribution in [0.3, 0.4) is 0 Å². The van der Waals surface area contributed by atoms with Crippen molar-refractivity contribution in [3.8, 4) is 0 Å². The standard InChI is InChI=1S/C22H31N3O2/c1-23-22(24-11-4-12-27-17-18-9-13-26-14-10-18)25-16-19-7-8-20-5-2-3-6-21(20)15-19/h2-3,5-8,15,18H,4,9-14,16-17H2,1H3,(H2,23,24,25). The lowest BCUT2D eigenvalue weighted by Gasteiger charge is -2.21. The minimum absolute atomic E-state index is 0.670. The van der Waals surface area contributed by atoms with Gasteiger partial charge in [-0.25, -0.2) is 0 Å². The van der Waals surface area contributed by atoms with E-state index in [-0.39, 0.29) is 0 Å². The molecule has 2 aromatic carbocycles. The highest BCUT2D eigenvalue weighted by Gasteiger charge is 2.13. The highest BCUT2D eigenvalue weighted by Crippen LogP contribution is 2.16. The van der Waals surface area contributed by atoms with Gasteiger partial charge in [-0.15, -0.1) is 0 Å². The molecule has 27 heavy (non-hydrogen) atoms. The van der Waals surface area contributed by atoms with E-state index in [1.165, 1.54) is 16.3 Å². The van der Waals surface area contributed by atoms with Crippen molar-refractivity contribution < 1.29 is 9.47 Å². The molecule has 1 saturated heterocycles. The summed E-state index contributed by atoms with van der Waals surface area (Å²) in [6.07, 6.45) is 3.23. The maximum Gasteiger partial charge on any atom is 0.191 e. The topological polar surface area (TPSA) is 54.9 Å². The number of fused-ring (bicyclic) bond motifs is 1. The van der Waals surface area contributed by atoms with Gasteiger partial charge in [-0.2, -0.15) is 0 Å². The molecule has 1 heterocycles. The van der Waals surface area contributed by atoms with Crippen LogP contribution in [0.5, 0.6) is 0 Å². The molecule has 2 N–H and O–H groups in total. The molecular weight excluding hydrogens is 338 g/mol. The summed E-state index contributed by atoms with van der Waals surface area (Å²) in [6.45, 7) is 5.02. The molecule has 0 saturated carbocycles. The molecule has 0 atom stereocenters. The predicted octanol–water partition coefficient (Wildman–Crippen LogP) is 3.34. The second-order valence-corrected chi connectivity index (χ2v) is 7.02. The molecule has 1 aliphatic rings. The molecule has 0 spiro atoms. The highest BCUT2D eigenvalue weighted by atomic mass is 16.5. The van der Waals surface area contributed by atoms with Crippen molar-refractivity contribution in [1.82, 2.24) is 10.6 Å². The van der Waals surface area contributed by atoms with E-state index >= 15 is 0 Å². The minimum atomic E-state index is 0.670. The Morgan fingerprint density at radius 1 is 1.11 bits per heavy atom. The van der Waals surface area contributed by atoms with E-state index in [2.05, 4.69) is 58.1 Å². The maximum atomic E-state index is 5.80. The zero-order chi connectivity index (χ0) is 18.7. The van der Waals surface area contributed by atoms with Crippen LogP contribution >= 0.6 is 0 Å². The lowest BCUT2D eigenvalue weighted by Crippen LogP contribution is -2.37. The first kappa shape index (κ1) is 19.6. The largest absolute Gasteiger partial charge is 0.381 e. The lowest BCUT2D eigenvalue weighted by molar-refractivity contribution is 0.0203. The Bertz CT molecular complexity index is 726. The van der Waals surface area contributed by atoms with Crippen molar-refractivity contribution in [2.45, 2.75) is 25.8 Å². The number of ether oxygens (including phenoxy) is 2. The molecule has 1 aliphatic heterocycles. The lowest BCUT2D eigenvalue weighted by atomic mass is 10.0. The number of hydrogen-bond acceptors (Lipinski definition) is 3. The van der Waals surface area contributed by atoms with Crippen LogP contribution in [0.15, 0.2) is 47.5 Å². The smallest absolute Gasteiger partial charge is 0.191 e. The molecule has 5 nitrogen and oxygen atoms in total. The molecule has 0 bridgehead atoms. The zero-order valence-corrected chi connectivity index (χ0v) is 16.2. The Morgan fingerprint density at radius 2 is 1.93 bits per heavy atom. The number of aliphatic imine (C=N–C) groups is 1. The fourth-order valence-corrected chi connectivity index (χ4v) is 3.30. The number of benzene rings is 2. The van der Waals surface area contributed by atoms with Crippen LogP contribution in [-0.4, -0.2) is 46.0 Å². The van der Waals surface area contributed by atoms with Crippen molar-refractivity contribution in [3.63, 3.8) is 0 Å². The van der Waals surface area contributed by atoms with Gasteiger partial charge in [0.25, 0.3) is 0 Å². The second-order valence-electron chi connectivity index (χ2n) is 7.02. The summed E-state index contributed by atoms with van der Waals surface area (Å²) in [5.74, 6) is 1.50. The average molecular weight is 370 g/mol. The van der Waals surface area contributed by atoms with Gasteiger partial charge in [-0.05, 0) is 47.6 Å². The first-order valence-electron chi connectivity index (χ1n) is 9.93. The van der Waals surface area contributed by atoms with Gasteiger partial charge >= 0.3 is 0 Å². The first-order valence-corrected chi connectivity index (χ1v) is 9.93. The molecule has 5 heteroatoms. The van der Waals surface area contributed by atoms with E-state index in [0.29, 0.717) is 5.92 Å². The fourth-order valence-electron chi connectivity index (χ4n) is 3.30. The summed E-state index contributed by atoms with van der Waals surface area (Å²) in [5.41, 5.74) is 1.25. The molecule has 0 unspecified atom stereocenters. The summed E-state index contributed by atoms with van der Waals surface area (Å²) >= 11 is 0. The summed E-state index contributed by atoms with van der Waals surface area (Å²) in [7, 11) is 1.80. The van der Waals surface area contributed by atoms with Gasteiger partial charge in [0.15, 0.2) is 5.96 Å². The Balaban J connectivity index is 1.31. The molecule has 146 valence electrons. The van der Waals surface area contributed by atoms with Crippen molar-refractivity contribution in [2.75, 3.05) is 40.0 Å². The van der Waals surface area contributed by atoms with Crippen molar-refractivity contribution in [1.29, 1.82) is 0 Å². The van der Waals surface area contributed by atoms with Crippen LogP contribution in [0.4, 0.5) is 0 Å². The number of hydrogen-bond donors (Lipinski definition) is 2. The number of nitrogens with zero attached hydrogens (tertiary/aromatic N) is 1. The Hall–Kier alpha value is -2.11. The molecule has 0 amide bonds. The zero-order valence-electron chi connectivity index (χ0n) is 16.2. The summed E-state index contributed by atoms with van der Waals surface area (Å²) in [6, 6.07) is 15.0. The van der Waals surface area contributed by atoms with Gasteiger partial charge in [0.05, 0.1) is 0 Å². The van der Waals surface area contributed by atoms with Crippen molar-refractivity contribution >= 4 is 16.7 Å². The predicted molar refractivity (Wildman–Crippen MR) is 111 cm³/mol. The Morgan fingerprint density at radius 3 is 2.74 bits per heavy atom. The van der Waals surface area contributed by atoms with Gasteiger partial charge in [-0.1, -0.05) is 36.4 Å². The molecule has 0 aromatic heterocycles.